The smallest absolute Gasteiger partial charge is 0.228 e. The Balaban J connectivity index is 2.56. The first-order valence-electron chi connectivity index (χ1n) is 6.19. The van der Waals surface area contributed by atoms with Crippen molar-refractivity contribution in [1.82, 2.24) is 9.97 Å². The van der Waals surface area contributed by atoms with E-state index < -0.39 is 12.1 Å². The summed E-state index contributed by atoms with van der Waals surface area (Å²) in [5.41, 5.74) is -0.424. The molecule has 2 aromatic rings. The average molecular weight is 235 g/mol. The highest BCUT2D eigenvalue weighted by Gasteiger charge is 1.98. The van der Waals surface area contributed by atoms with Crippen LogP contribution >= 0.6 is 11.6 Å². The molecular formula is C11H7ClN4. The first-order chi connectivity index (χ1) is 9.45. The predicted molar refractivity (Wildman–Crippen MR) is 63.0 cm³/mol. The van der Waals surface area contributed by atoms with Gasteiger partial charge in [-0.1, -0.05) is 23.7 Å². The second-order valence-electron chi connectivity index (χ2n) is 2.66. The van der Waals surface area contributed by atoms with Gasteiger partial charge in [0, 0.05) is 14.6 Å². The highest BCUT2D eigenvalue weighted by molar-refractivity contribution is 6.29. The Bertz CT molecular complexity index is 700. The number of rotatable bonds is 2. The zero-order valence-electron chi connectivity index (χ0n) is 11.9. The summed E-state index contributed by atoms with van der Waals surface area (Å²) in [6.45, 7) is 6.89. The Morgan fingerprint density at radius 2 is 2.12 bits per heavy atom. The minimum absolute atomic E-state index is 0.0499. The van der Waals surface area contributed by atoms with Gasteiger partial charge in [0.15, 0.2) is 5.69 Å². The van der Waals surface area contributed by atoms with Crippen LogP contribution in [0, 0.1) is 6.57 Å². The van der Waals surface area contributed by atoms with Gasteiger partial charge in [-0.05, 0) is 18.2 Å². The maximum atomic E-state index is 7.79. The molecule has 16 heavy (non-hydrogen) atoms. The maximum absolute atomic E-state index is 7.79. The SMILES string of the molecule is [2H]c1c([2H])c(Nc2nccc(Cl)n2)c([2H])c([2H])c1[N+]#[C-]. The summed E-state index contributed by atoms with van der Waals surface area (Å²) >= 11 is 5.70. The maximum Gasteiger partial charge on any atom is 0.228 e. The number of hydrogen-bond donors (Lipinski definition) is 1. The van der Waals surface area contributed by atoms with Crippen molar-refractivity contribution in [2.45, 2.75) is 0 Å². The number of halogens is 1. The molecule has 1 heterocycles. The lowest BCUT2D eigenvalue weighted by molar-refractivity contribution is 1.17. The lowest BCUT2D eigenvalue weighted by Crippen LogP contribution is -1.95. The minimum atomic E-state index is -0.412. The van der Waals surface area contributed by atoms with Crippen LogP contribution in [0.2, 0.25) is 5.15 Å². The topological polar surface area (TPSA) is 42.2 Å². The van der Waals surface area contributed by atoms with Crippen LogP contribution in [0.25, 0.3) is 4.85 Å². The van der Waals surface area contributed by atoms with Crippen LogP contribution in [-0.4, -0.2) is 9.97 Å². The number of aromatic nitrogens is 2. The van der Waals surface area contributed by atoms with Crippen molar-refractivity contribution in [3.05, 3.63) is 53.0 Å². The summed E-state index contributed by atoms with van der Waals surface area (Å²) in [5, 5.41) is 2.77. The molecule has 0 saturated heterocycles. The van der Waals surface area contributed by atoms with Crippen molar-refractivity contribution in [1.29, 1.82) is 0 Å². The van der Waals surface area contributed by atoms with Crippen molar-refractivity contribution in [3.63, 3.8) is 0 Å². The lowest BCUT2D eigenvalue weighted by Gasteiger charge is -2.04. The largest absolute Gasteiger partial charge is 0.324 e. The molecule has 1 aromatic carbocycles. The van der Waals surface area contributed by atoms with E-state index in [1.54, 1.807) is 0 Å². The molecule has 0 aliphatic rings. The highest BCUT2D eigenvalue weighted by atomic mass is 35.5. The fraction of sp³-hybridized carbons (Fsp3) is 0. The minimum Gasteiger partial charge on any atom is -0.324 e. The Labute approximate surface area is 103 Å². The number of hydrogen-bond acceptors (Lipinski definition) is 3. The highest BCUT2D eigenvalue weighted by Crippen LogP contribution is 2.18. The number of nitrogens with one attached hydrogen (secondary N) is 1. The first-order valence-corrected chi connectivity index (χ1v) is 4.57. The van der Waals surface area contributed by atoms with Gasteiger partial charge < -0.3 is 5.32 Å². The molecule has 0 unspecified atom stereocenters. The van der Waals surface area contributed by atoms with Crippen molar-refractivity contribution >= 4 is 28.9 Å². The lowest BCUT2D eigenvalue weighted by atomic mass is 10.3. The molecule has 0 aliphatic carbocycles. The molecule has 0 saturated carbocycles. The van der Waals surface area contributed by atoms with E-state index in [9.17, 15) is 0 Å². The Morgan fingerprint density at radius 1 is 1.38 bits per heavy atom. The summed E-state index contributed by atoms with van der Waals surface area (Å²) in [6, 6.07) is -0.0821. The van der Waals surface area contributed by atoms with Gasteiger partial charge in [0.25, 0.3) is 0 Å². The predicted octanol–water partition coefficient (Wildman–Crippen LogP) is 3.42. The van der Waals surface area contributed by atoms with E-state index in [1.165, 1.54) is 12.3 Å². The van der Waals surface area contributed by atoms with Gasteiger partial charge in [-0.2, -0.15) is 0 Å². The summed E-state index contributed by atoms with van der Waals surface area (Å²) in [7, 11) is 0. The summed E-state index contributed by atoms with van der Waals surface area (Å²) in [6.07, 6.45) is 1.39. The van der Waals surface area contributed by atoms with Crippen LogP contribution in [0.5, 0.6) is 0 Å². The quantitative estimate of drug-likeness (QED) is 0.640. The van der Waals surface area contributed by atoms with Gasteiger partial charge in [-0.25, -0.2) is 14.8 Å². The third kappa shape index (κ3) is 2.47. The molecule has 0 fully saturated rings. The standard InChI is InChI=1S/C11H7ClN4/c1-13-8-2-4-9(5-3-8)15-11-14-7-6-10(12)16-11/h2-7H,(H,14,15,16)/i2D,3D,4D,5D. The van der Waals surface area contributed by atoms with Crippen molar-refractivity contribution in [2.75, 3.05) is 5.32 Å². The molecule has 4 nitrogen and oxygen atoms in total. The fourth-order valence-corrected chi connectivity index (χ4v) is 1.07. The van der Waals surface area contributed by atoms with Gasteiger partial charge in [0.05, 0.1) is 9.31 Å². The van der Waals surface area contributed by atoms with E-state index in [2.05, 4.69) is 20.1 Å². The number of nitrogens with zero attached hydrogens (tertiary/aromatic N) is 3. The van der Waals surface area contributed by atoms with Crippen LogP contribution in [0.15, 0.2) is 36.4 Å². The Hall–Kier alpha value is -2.12. The molecule has 0 bridgehead atoms. The van der Waals surface area contributed by atoms with Gasteiger partial charge in [-0.15, -0.1) is 0 Å². The zero-order valence-corrected chi connectivity index (χ0v) is 8.63. The van der Waals surface area contributed by atoms with E-state index in [4.69, 9.17) is 23.7 Å². The molecule has 0 spiro atoms. The molecule has 0 radical (unpaired) electrons. The second kappa shape index (κ2) is 4.60. The van der Waals surface area contributed by atoms with Crippen LogP contribution in [-0.2, 0) is 0 Å². The normalized spacial score (nSPS) is 13.0. The molecule has 78 valence electrons. The zero-order chi connectivity index (χ0) is 14.9. The average Bonchev–Trinajstić information content (AvgIpc) is 2.42. The monoisotopic (exact) mass is 234 g/mol. The second-order valence-corrected chi connectivity index (χ2v) is 3.05. The molecule has 0 amide bonds. The number of benzene rings is 1. The van der Waals surface area contributed by atoms with Crippen molar-refractivity contribution in [3.8, 4) is 0 Å². The fourth-order valence-electron chi connectivity index (χ4n) is 0.933. The van der Waals surface area contributed by atoms with E-state index in [1.807, 2.05) is 0 Å². The van der Waals surface area contributed by atoms with Gasteiger partial charge in [-0.3, -0.25) is 0 Å². The van der Waals surface area contributed by atoms with Gasteiger partial charge in [0.1, 0.15) is 5.15 Å². The molecule has 2 rings (SSSR count). The van der Waals surface area contributed by atoms with Crippen LogP contribution in [0.4, 0.5) is 17.3 Å². The van der Waals surface area contributed by atoms with Crippen LogP contribution < -0.4 is 5.32 Å². The summed E-state index contributed by atoms with van der Waals surface area (Å²) in [4.78, 5) is 10.7. The summed E-state index contributed by atoms with van der Waals surface area (Å²) < 4.78 is 30.9. The molecule has 0 aliphatic heterocycles. The van der Waals surface area contributed by atoms with Gasteiger partial charge >= 0.3 is 0 Å². The molecule has 1 aromatic heterocycles. The van der Waals surface area contributed by atoms with Crippen molar-refractivity contribution in [2.24, 2.45) is 0 Å². The molecular weight excluding hydrogens is 224 g/mol. The first kappa shape index (κ1) is 6.46. The van der Waals surface area contributed by atoms with Crippen LogP contribution in [0.3, 0.4) is 0 Å². The molecule has 1 N–H and O–H groups in total. The number of anilines is 2. The van der Waals surface area contributed by atoms with E-state index in [0.29, 0.717) is 0 Å². The summed E-state index contributed by atoms with van der Waals surface area (Å²) in [5.74, 6) is 0.0499. The molecule has 5 heteroatoms. The van der Waals surface area contributed by atoms with Crippen LogP contribution in [0.1, 0.15) is 5.48 Å². The van der Waals surface area contributed by atoms with E-state index in [-0.39, 0.29) is 34.6 Å². The molecule has 0 atom stereocenters. The van der Waals surface area contributed by atoms with Gasteiger partial charge in [0.2, 0.25) is 5.95 Å². The third-order valence-corrected chi connectivity index (χ3v) is 1.79. The third-order valence-electron chi connectivity index (χ3n) is 1.58. The Kier molecular flexibility index (Phi) is 1.86. The van der Waals surface area contributed by atoms with E-state index >= 15 is 0 Å². The Morgan fingerprint density at radius 3 is 2.75 bits per heavy atom. The van der Waals surface area contributed by atoms with Crippen molar-refractivity contribution < 1.29 is 5.48 Å². The van der Waals surface area contributed by atoms with E-state index in [0.717, 1.165) is 0 Å².